The van der Waals surface area contributed by atoms with Gasteiger partial charge in [-0.15, -0.1) is 0 Å². The lowest BCUT2D eigenvalue weighted by molar-refractivity contribution is -0.122. The molecular formula is C37H76N2O3. The van der Waals surface area contributed by atoms with Gasteiger partial charge in [0.1, 0.15) is 0 Å². The van der Waals surface area contributed by atoms with Crippen LogP contribution >= 0.6 is 0 Å². The lowest BCUT2D eigenvalue weighted by Gasteiger charge is -2.19. The molecule has 1 atom stereocenters. The summed E-state index contributed by atoms with van der Waals surface area (Å²) in [5.74, 6) is 0.118. The van der Waals surface area contributed by atoms with Crippen LogP contribution < -0.4 is 11.1 Å². The molecule has 252 valence electrons. The van der Waals surface area contributed by atoms with E-state index >= 15 is 0 Å². The summed E-state index contributed by atoms with van der Waals surface area (Å²) < 4.78 is 12.2. The monoisotopic (exact) mass is 597 g/mol. The number of rotatable bonds is 36. The van der Waals surface area contributed by atoms with E-state index in [2.05, 4.69) is 19.2 Å². The average molecular weight is 597 g/mol. The lowest BCUT2D eigenvalue weighted by Crippen LogP contribution is -2.36. The minimum absolute atomic E-state index is 0.0528. The van der Waals surface area contributed by atoms with Crippen LogP contribution in [0.25, 0.3) is 0 Å². The van der Waals surface area contributed by atoms with Crippen molar-refractivity contribution in [2.45, 2.75) is 200 Å². The highest BCUT2D eigenvalue weighted by molar-refractivity contribution is 5.75. The first-order valence-corrected chi connectivity index (χ1v) is 18.9. The molecule has 0 bridgehead atoms. The molecule has 1 amide bonds. The van der Waals surface area contributed by atoms with Gasteiger partial charge in [0.05, 0.1) is 12.7 Å². The van der Waals surface area contributed by atoms with Gasteiger partial charge in [0.25, 0.3) is 0 Å². The molecule has 5 nitrogen and oxygen atoms in total. The first-order chi connectivity index (χ1) is 20.7. The zero-order valence-electron chi connectivity index (χ0n) is 28.7. The van der Waals surface area contributed by atoms with Crippen LogP contribution in [0.5, 0.6) is 0 Å². The highest BCUT2D eigenvalue weighted by Crippen LogP contribution is 2.13. The van der Waals surface area contributed by atoms with Gasteiger partial charge < -0.3 is 20.5 Å². The lowest BCUT2D eigenvalue weighted by atomic mass is 10.1. The number of carbonyl (C=O) groups excluding carboxylic acids is 1. The van der Waals surface area contributed by atoms with Crippen molar-refractivity contribution in [3.05, 3.63) is 0 Å². The SMILES string of the molecule is CCCCCCCCCCCCCCOCC(CNC(=O)CCCCCN)OCCCCCCCCCCCCCC. The van der Waals surface area contributed by atoms with E-state index in [1.165, 1.54) is 141 Å². The maximum absolute atomic E-state index is 12.3. The van der Waals surface area contributed by atoms with E-state index in [4.69, 9.17) is 15.2 Å². The van der Waals surface area contributed by atoms with Gasteiger partial charge in [-0.1, -0.05) is 162 Å². The second-order valence-corrected chi connectivity index (χ2v) is 12.7. The Kier molecular flexibility index (Phi) is 36.0. The number of hydrogen-bond donors (Lipinski definition) is 2. The Balaban J connectivity index is 3.92. The quantitative estimate of drug-likeness (QED) is 0.0706. The van der Waals surface area contributed by atoms with E-state index < -0.39 is 0 Å². The van der Waals surface area contributed by atoms with Gasteiger partial charge in [0, 0.05) is 26.2 Å². The van der Waals surface area contributed by atoms with Gasteiger partial charge in [-0.3, -0.25) is 4.79 Å². The van der Waals surface area contributed by atoms with Crippen LogP contribution in [0.3, 0.4) is 0 Å². The summed E-state index contributed by atoms with van der Waals surface area (Å²) in [6.07, 6.45) is 35.8. The average Bonchev–Trinajstić information content (AvgIpc) is 3.00. The van der Waals surface area contributed by atoms with Crippen LogP contribution in [0.2, 0.25) is 0 Å². The smallest absolute Gasteiger partial charge is 0.220 e. The van der Waals surface area contributed by atoms with E-state index in [0.717, 1.165) is 45.3 Å². The Morgan fingerprint density at radius 3 is 1.40 bits per heavy atom. The summed E-state index contributed by atoms with van der Waals surface area (Å²) in [5.41, 5.74) is 5.56. The Labute approximate surface area is 263 Å². The summed E-state index contributed by atoms with van der Waals surface area (Å²) in [6.45, 7) is 7.94. The molecule has 42 heavy (non-hydrogen) atoms. The predicted molar refractivity (Wildman–Crippen MR) is 183 cm³/mol. The first-order valence-electron chi connectivity index (χ1n) is 18.9. The minimum Gasteiger partial charge on any atom is -0.379 e. The zero-order chi connectivity index (χ0) is 30.6. The van der Waals surface area contributed by atoms with Crippen LogP contribution in [0.1, 0.15) is 194 Å². The maximum Gasteiger partial charge on any atom is 0.220 e. The molecule has 0 saturated heterocycles. The van der Waals surface area contributed by atoms with Crippen molar-refractivity contribution in [3.63, 3.8) is 0 Å². The van der Waals surface area contributed by atoms with Gasteiger partial charge >= 0.3 is 0 Å². The van der Waals surface area contributed by atoms with Crippen molar-refractivity contribution in [3.8, 4) is 0 Å². The first kappa shape index (κ1) is 41.4. The maximum atomic E-state index is 12.3. The van der Waals surface area contributed by atoms with Crippen molar-refractivity contribution < 1.29 is 14.3 Å². The Morgan fingerprint density at radius 1 is 0.548 bits per heavy atom. The normalized spacial score (nSPS) is 12.2. The number of ether oxygens (including phenoxy) is 2. The number of nitrogens with one attached hydrogen (secondary N) is 1. The Morgan fingerprint density at radius 2 is 0.952 bits per heavy atom. The molecule has 0 fully saturated rings. The van der Waals surface area contributed by atoms with E-state index in [9.17, 15) is 4.79 Å². The molecular weight excluding hydrogens is 520 g/mol. The molecule has 0 spiro atoms. The van der Waals surface area contributed by atoms with Gasteiger partial charge in [0.2, 0.25) is 5.91 Å². The molecule has 0 aliphatic carbocycles. The Bertz CT molecular complexity index is 517. The zero-order valence-corrected chi connectivity index (χ0v) is 28.7. The minimum atomic E-state index is -0.0528. The summed E-state index contributed by atoms with van der Waals surface area (Å²) in [7, 11) is 0. The second-order valence-electron chi connectivity index (χ2n) is 12.7. The molecule has 0 aromatic heterocycles. The molecule has 0 saturated carbocycles. The van der Waals surface area contributed by atoms with Crippen molar-refractivity contribution in [1.82, 2.24) is 5.32 Å². The van der Waals surface area contributed by atoms with Crippen LogP contribution in [-0.2, 0) is 14.3 Å². The van der Waals surface area contributed by atoms with Crippen LogP contribution in [0.15, 0.2) is 0 Å². The molecule has 0 radical (unpaired) electrons. The highest BCUT2D eigenvalue weighted by atomic mass is 16.5. The molecule has 5 heteroatoms. The van der Waals surface area contributed by atoms with Crippen molar-refractivity contribution >= 4 is 5.91 Å². The molecule has 0 rings (SSSR count). The summed E-state index contributed by atoms with van der Waals surface area (Å²) in [5, 5.41) is 3.08. The highest BCUT2D eigenvalue weighted by Gasteiger charge is 2.12. The third-order valence-electron chi connectivity index (χ3n) is 8.43. The standard InChI is InChI=1S/C37H76N2O3/c1-3-5-7-9-11-13-15-17-19-21-23-28-32-41-35-36(34-39-37(40)30-26-25-27-31-38)42-33-29-24-22-20-18-16-14-12-10-8-6-4-2/h36H,3-35,38H2,1-2H3,(H,39,40). The van der Waals surface area contributed by atoms with Crippen molar-refractivity contribution in [2.24, 2.45) is 5.73 Å². The van der Waals surface area contributed by atoms with Gasteiger partial charge in [-0.2, -0.15) is 0 Å². The number of hydrogen-bond acceptors (Lipinski definition) is 4. The van der Waals surface area contributed by atoms with Crippen LogP contribution in [0.4, 0.5) is 0 Å². The fourth-order valence-electron chi connectivity index (χ4n) is 5.54. The molecule has 0 aliphatic rings. The summed E-state index contributed by atoms with van der Waals surface area (Å²) >= 11 is 0. The molecule has 1 unspecified atom stereocenters. The number of amides is 1. The van der Waals surface area contributed by atoms with Gasteiger partial charge in [-0.25, -0.2) is 0 Å². The molecule has 0 aromatic rings. The number of nitrogens with two attached hydrogens (primary N) is 1. The molecule has 0 aromatic carbocycles. The van der Waals surface area contributed by atoms with E-state index in [1.807, 2.05) is 0 Å². The Hall–Kier alpha value is -0.650. The van der Waals surface area contributed by atoms with Gasteiger partial charge in [-0.05, 0) is 32.2 Å². The second kappa shape index (κ2) is 36.5. The predicted octanol–water partition coefficient (Wildman–Crippen LogP) is 10.4. The number of unbranched alkanes of at least 4 members (excludes halogenated alkanes) is 24. The fourth-order valence-corrected chi connectivity index (χ4v) is 5.54. The molecule has 0 heterocycles. The van der Waals surface area contributed by atoms with E-state index in [0.29, 0.717) is 26.1 Å². The third-order valence-corrected chi connectivity index (χ3v) is 8.43. The van der Waals surface area contributed by atoms with Crippen molar-refractivity contribution in [2.75, 3.05) is 32.9 Å². The fraction of sp³-hybridized carbons (Fsp3) is 0.973. The van der Waals surface area contributed by atoms with Gasteiger partial charge in [0.15, 0.2) is 0 Å². The molecule has 3 N–H and O–H groups in total. The van der Waals surface area contributed by atoms with E-state index in [-0.39, 0.29) is 12.0 Å². The van der Waals surface area contributed by atoms with Crippen LogP contribution in [-0.4, -0.2) is 44.9 Å². The van der Waals surface area contributed by atoms with E-state index in [1.54, 1.807) is 0 Å². The largest absolute Gasteiger partial charge is 0.379 e. The summed E-state index contributed by atoms with van der Waals surface area (Å²) in [4.78, 5) is 12.3. The van der Waals surface area contributed by atoms with Crippen molar-refractivity contribution in [1.29, 1.82) is 0 Å². The molecule has 0 aliphatic heterocycles. The number of carbonyl (C=O) groups is 1. The topological polar surface area (TPSA) is 73.6 Å². The van der Waals surface area contributed by atoms with Crippen LogP contribution in [0, 0.1) is 0 Å². The third kappa shape index (κ3) is 33.8. The summed E-state index contributed by atoms with van der Waals surface area (Å²) in [6, 6.07) is 0.